The first-order valence-electron chi connectivity index (χ1n) is 6.45. The van der Waals surface area contributed by atoms with Crippen molar-refractivity contribution in [1.29, 1.82) is 0 Å². The lowest BCUT2D eigenvalue weighted by Gasteiger charge is -2.14. The van der Waals surface area contributed by atoms with Gasteiger partial charge in [-0.25, -0.2) is 4.68 Å². The summed E-state index contributed by atoms with van der Waals surface area (Å²) in [7, 11) is 0. The third kappa shape index (κ3) is 2.99. The summed E-state index contributed by atoms with van der Waals surface area (Å²) < 4.78 is 1.94. The van der Waals surface area contributed by atoms with Crippen molar-refractivity contribution >= 4 is 0 Å². The summed E-state index contributed by atoms with van der Waals surface area (Å²) in [6, 6.07) is 12.1. The van der Waals surface area contributed by atoms with Crippen LogP contribution in [0.15, 0.2) is 42.6 Å². The molecule has 3 nitrogen and oxygen atoms in total. The second kappa shape index (κ2) is 5.83. The van der Waals surface area contributed by atoms with Gasteiger partial charge in [-0.2, -0.15) is 5.10 Å². The number of aryl methyl sites for hydroxylation is 1. The monoisotopic (exact) mass is 244 g/mol. The molecule has 0 saturated carbocycles. The summed E-state index contributed by atoms with van der Waals surface area (Å²) in [5.41, 5.74) is 2.21. The zero-order chi connectivity index (χ0) is 13.0. The van der Waals surface area contributed by atoms with Gasteiger partial charge in [0.05, 0.1) is 11.8 Å². The molecule has 1 heterocycles. The van der Waals surface area contributed by atoms with E-state index < -0.39 is 0 Å². The van der Waals surface area contributed by atoms with Crippen LogP contribution in [0.25, 0.3) is 5.69 Å². The molecule has 1 atom stereocenters. The molecule has 0 amide bonds. The fraction of sp³-hybridized carbons (Fsp3) is 0.400. The normalized spacial score (nSPS) is 12.9. The van der Waals surface area contributed by atoms with E-state index in [1.165, 1.54) is 0 Å². The zero-order valence-corrected chi connectivity index (χ0v) is 11.0. The Labute approximate surface area is 108 Å². The molecule has 0 fully saturated rings. The van der Waals surface area contributed by atoms with Gasteiger partial charge in [0.25, 0.3) is 0 Å². The Balaban J connectivity index is 2.09. The maximum atomic E-state index is 9.86. The van der Waals surface area contributed by atoms with E-state index in [2.05, 4.69) is 5.10 Å². The van der Waals surface area contributed by atoms with Gasteiger partial charge in [-0.3, -0.25) is 0 Å². The minimum absolute atomic E-state index is 0.246. The summed E-state index contributed by atoms with van der Waals surface area (Å²) in [4.78, 5) is 0. The number of benzene rings is 1. The molecule has 1 aromatic heterocycles. The Morgan fingerprint density at radius 1 is 1.17 bits per heavy atom. The number of aromatic nitrogens is 2. The van der Waals surface area contributed by atoms with Gasteiger partial charge in [-0.1, -0.05) is 32.0 Å². The zero-order valence-electron chi connectivity index (χ0n) is 11.0. The van der Waals surface area contributed by atoms with Crippen LogP contribution in [-0.4, -0.2) is 21.0 Å². The highest BCUT2D eigenvalue weighted by Gasteiger charge is 2.11. The standard InChI is InChI=1S/C15H20N2O/c1-12(2)15(18)9-8-14-10-11-16-17(14)13-6-4-3-5-7-13/h3-7,10-12,15,18H,8-9H2,1-2H3. The number of aliphatic hydroxyl groups is 1. The number of rotatable bonds is 5. The van der Waals surface area contributed by atoms with Crippen LogP contribution >= 0.6 is 0 Å². The second-order valence-corrected chi connectivity index (χ2v) is 4.92. The van der Waals surface area contributed by atoms with Crippen molar-refractivity contribution in [1.82, 2.24) is 9.78 Å². The number of hydrogen-bond donors (Lipinski definition) is 1. The van der Waals surface area contributed by atoms with Crippen LogP contribution in [0, 0.1) is 5.92 Å². The Morgan fingerprint density at radius 2 is 1.89 bits per heavy atom. The average Bonchev–Trinajstić information content (AvgIpc) is 2.85. The molecule has 1 N–H and O–H groups in total. The molecular weight excluding hydrogens is 224 g/mol. The molecular formula is C15H20N2O. The smallest absolute Gasteiger partial charge is 0.0648 e. The van der Waals surface area contributed by atoms with Crippen molar-refractivity contribution in [2.45, 2.75) is 32.8 Å². The molecule has 1 unspecified atom stereocenters. The highest BCUT2D eigenvalue weighted by atomic mass is 16.3. The first-order valence-corrected chi connectivity index (χ1v) is 6.45. The molecule has 0 aliphatic heterocycles. The van der Waals surface area contributed by atoms with Crippen molar-refractivity contribution in [2.24, 2.45) is 5.92 Å². The Kier molecular flexibility index (Phi) is 4.15. The fourth-order valence-electron chi connectivity index (χ4n) is 1.95. The molecule has 0 aliphatic rings. The molecule has 18 heavy (non-hydrogen) atoms. The van der Waals surface area contributed by atoms with Gasteiger partial charge in [0.15, 0.2) is 0 Å². The highest BCUT2D eigenvalue weighted by Crippen LogP contribution is 2.14. The third-order valence-electron chi connectivity index (χ3n) is 3.19. The third-order valence-corrected chi connectivity index (χ3v) is 3.19. The number of para-hydroxylation sites is 1. The molecule has 2 rings (SSSR count). The Hall–Kier alpha value is -1.61. The SMILES string of the molecule is CC(C)C(O)CCc1ccnn1-c1ccccc1. The fourth-order valence-corrected chi connectivity index (χ4v) is 1.95. The first kappa shape index (κ1) is 12.8. The predicted octanol–water partition coefficient (Wildman–Crippen LogP) is 2.82. The van der Waals surface area contributed by atoms with E-state index in [4.69, 9.17) is 0 Å². The van der Waals surface area contributed by atoms with E-state index in [0.29, 0.717) is 5.92 Å². The van der Waals surface area contributed by atoms with Gasteiger partial charge in [-0.05, 0) is 37.0 Å². The summed E-state index contributed by atoms with van der Waals surface area (Å²) in [5.74, 6) is 0.304. The van der Waals surface area contributed by atoms with Crippen molar-refractivity contribution in [3.05, 3.63) is 48.3 Å². The van der Waals surface area contributed by atoms with Gasteiger partial charge in [0, 0.05) is 11.9 Å². The Bertz CT molecular complexity index is 476. The van der Waals surface area contributed by atoms with E-state index in [1.54, 1.807) is 0 Å². The van der Waals surface area contributed by atoms with E-state index in [-0.39, 0.29) is 6.10 Å². The van der Waals surface area contributed by atoms with E-state index in [9.17, 15) is 5.11 Å². The van der Waals surface area contributed by atoms with Crippen LogP contribution in [0.2, 0.25) is 0 Å². The maximum Gasteiger partial charge on any atom is 0.0648 e. The van der Waals surface area contributed by atoms with E-state index in [0.717, 1.165) is 24.2 Å². The lowest BCUT2D eigenvalue weighted by Crippen LogP contribution is -2.16. The van der Waals surface area contributed by atoms with Crippen LogP contribution in [0.3, 0.4) is 0 Å². The summed E-state index contributed by atoms with van der Waals surface area (Å²) in [6.45, 7) is 4.08. The van der Waals surface area contributed by atoms with Crippen LogP contribution in [0.1, 0.15) is 26.0 Å². The minimum atomic E-state index is -0.246. The lowest BCUT2D eigenvalue weighted by molar-refractivity contribution is 0.116. The topological polar surface area (TPSA) is 38.1 Å². The molecule has 96 valence electrons. The lowest BCUT2D eigenvalue weighted by atomic mass is 10.0. The highest BCUT2D eigenvalue weighted by molar-refractivity contribution is 5.32. The van der Waals surface area contributed by atoms with Gasteiger partial charge in [0.2, 0.25) is 0 Å². The van der Waals surface area contributed by atoms with E-state index in [1.807, 2.05) is 61.1 Å². The summed E-state index contributed by atoms with van der Waals surface area (Å²) in [5, 5.41) is 14.2. The van der Waals surface area contributed by atoms with Crippen molar-refractivity contribution in [2.75, 3.05) is 0 Å². The Morgan fingerprint density at radius 3 is 2.56 bits per heavy atom. The summed E-state index contributed by atoms with van der Waals surface area (Å²) >= 11 is 0. The van der Waals surface area contributed by atoms with Crippen molar-refractivity contribution in [3.8, 4) is 5.69 Å². The molecule has 0 aliphatic carbocycles. The van der Waals surface area contributed by atoms with Crippen LogP contribution in [-0.2, 0) is 6.42 Å². The largest absolute Gasteiger partial charge is 0.393 e. The second-order valence-electron chi connectivity index (χ2n) is 4.92. The van der Waals surface area contributed by atoms with E-state index >= 15 is 0 Å². The number of nitrogens with zero attached hydrogens (tertiary/aromatic N) is 2. The van der Waals surface area contributed by atoms with Crippen LogP contribution in [0.5, 0.6) is 0 Å². The van der Waals surface area contributed by atoms with Gasteiger partial charge in [0.1, 0.15) is 0 Å². The predicted molar refractivity (Wildman–Crippen MR) is 72.7 cm³/mol. The first-order chi connectivity index (χ1) is 8.68. The molecule has 0 saturated heterocycles. The molecule has 0 spiro atoms. The van der Waals surface area contributed by atoms with Gasteiger partial charge >= 0.3 is 0 Å². The molecule has 2 aromatic rings. The molecule has 3 heteroatoms. The van der Waals surface area contributed by atoms with Crippen molar-refractivity contribution < 1.29 is 5.11 Å². The number of hydrogen-bond acceptors (Lipinski definition) is 2. The molecule has 1 aromatic carbocycles. The quantitative estimate of drug-likeness (QED) is 0.878. The van der Waals surface area contributed by atoms with Crippen LogP contribution < -0.4 is 0 Å². The average molecular weight is 244 g/mol. The molecule has 0 radical (unpaired) electrons. The van der Waals surface area contributed by atoms with Crippen LogP contribution in [0.4, 0.5) is 0 Å². The minimum Gasteiger partial charge on any atom is -0.393 e. The van der Waals surface area contributed by atoms with Gasteiger partial charge < -0.3 is 5.11 Å². The molecule has 0 bridgehead atoms. The number of aliphatic hydroxyl groups excluding tert-OH is 1. The maximum absolute atomic E-state index is 9.86. The summed E-state index contributed by atoms with van der Waals surface area (Å²) in [6.07, 6.45) is 3.18. The van der Waals surface area contributed by atoms with Crippen molar-refractivity contribution in [3.63, 3.8) is 0 Å². The van der Waals surface area contributed by atoms with Gasteiger partial charge in [-0.15, -0.1) is 0 Å².